The Bertz CT molecular complexity index is 578. The molecule has 1 aliphatic heterocycles. The Morgan fingerprint density at radius 1 is 1.55 bits per heavy atom. The van der Waals surface area contributed by atoms with E-state index in [-0.39, 0.29) is 29.9 Å². The van der Waals surface area contributed by atoms with Gasteiger partial charge in [0.2, 0.25) is 0 Å². The lowest BCUT2D eigenvalue weighted by Crippen LogP contribution is -2.50. The number of fused-ring (bicyclic) bond motifs is 1. The summed E-state index contributed by atoms with van der Waals surface area (Å²) in [6, 6.07) is 4.67. The Kier molecular flexibility index (Phi) is 4.08. The van der Waals surface area contributed by atoms with Crippen LogP contribution in [0.15, 0.2) is 18.2 Å². The number of halogens is 1. The number of aliphatic hydroxyl groups is 1. The van der Waals surface area contributed by atoms with Gasteiger partial charge in [-0.2, -0.15) is 0 Å². The summed E-state index contributed by atoms with van der Waals surface area (Å²) in [6.07, 6.45) is 3.47. The summed E-state index contributed by atoms with van der Waals surface area (Å²) in [5.41, 5.74) is 1.81. The predicted octanol–water partition coefficient (Wildman–Crippen LogP) is 2.62. The SMILES string of the molecule is CC1(CO)CCCN(C(=O)NC2CCc3cc(F)ccc32)C1. The minimum Gasteiger partial charge on any atom is -0.396 e. The maximum atomic E-state index is 13.2. The monoisotopic (exact) mass is 306 g/mol. The minimum atomic E-state index is -0.222. The highest BCUT2D eigenvalue weighted by molar-refractivity contribution is 5.75. The number of urea groups is 1. The first kappa shape index (κ1) is 15.3. The van der Waals surface area contributed by atoms with Crippen molar-refractivity contribution in [3.63, 3.8) is 0 Å². The normalized spacial score (nSPS) is 27.6. The fourth-order valence-electron chi connectivity index (χ4n) is 3.59. The number of piperidine rings is 1. The summed E-state index contributed by atoms with van der Waals surface area (Å²) in [4.78, 5) is 14.3. The molecule has 0 aromatic heterocycles. The number of nitrogens with zero attached hydrogens (tertiary/aromatic N) is 1. The number of carbonyl (C=O) groups is 1. The number of aryl methyl sites for hydroxylation is 1. The standard InChI is InChI=1S/C17H23FN2O2/c1-17(11-21)7-2-8-20(10-17)16(22)19-15-6-3-12-9-13(18)4-5-14(12)15/h4-5,9,15,21H,2-3,6-8,10-11H2,1H3,(H,19,22). The number of likely N-dealkylation sites (tertiary alicyclic amines) is 1. The lowest BCUT2D eigenvalue weighted by atomic mass is 9.83. The maximum absolute atomic E-state index is 13.2. The van der Waals surface area contributed by atoms with Crippen LogP contribution in [0.4, 0.5) is 9.18 Å². The van der Waals surface area contributed by atoms with Gasteiger partial charge in [0.05, 0.1) is 12.6 Å². The summed E-state index contributed by atoms with van der Waals surface area (Å²) in [6.45, 7) is 3.42. The Morgan fingerprint density at radius 3 is 3.14 bits per heavy atom. The first-order valence-corrected chi connectivity index (χ1v) is 7.95. The molecule has 2 amide bonds. The van der Waals surface area contributed by atoms with Gasteiger partial charge in [0, 0.05) is 18.5 Å². The molecule has 4 nitrogen and oxygen atoms in total. The van der Waals surface area contributed by atoms with Crippen LogP contribution in [0, 0.1) is 11.2 Å². The predicted molar refractivity (Wildman–Crippen MR) is 82.0 cm³/mol. The smallest absolute Gasteiger partial charge is 0.317 e. The van der Waals surface area contributed by atoms with Crippen molar-refractivity contribution >= 4 is 6.03 Å². The van der Waals surface area contributed by atoms with Crippen LogP contribution in [0.2, 0.25) is 0 Å². The van der Waals surface area contributed by atoms with E-state index in [1.807, 2.05) is 6.92 Å². The average Bonchev–Trinajstić information content (AvgIpc) is 2.89. The molecule has 2 N–H and O–H groups in total. The van der Waals surface area contributed by atoms with E-state index in [9.17, 15) is 14.3 Å². The largest absolute Gasteiger partial charge is 0.396 e. The van der Waals surface area contributed by atoms with Gasteiger partial charge in [-0.25, -0.2) is 9.18 Å². The van der Waals surface area contributed by atoms with Crippen LogP contribution in [-0.2, 0) is 6.42 Å². The third kappa shape index (κ3) is 2.95. The van der Waals surface area contributed by atoms with Crippen molar-refractivity contribution in [2.24, 2.45) is 5.41 Å². The molecule has 2 unspecified atom stereocenters. The number of carbonyl (C=O) groups excluding carboxylic acids is 1. The van der Waals surface area contributed by atoms with Crippen LogP contribution in [0.5, 0.6) is 0 Å². The maximum Gasteiger partial charge on any atom is 0.317 e. The summed E-state index contributed by atoms with van der Waals surface area (Å²) in [7, 11) is 0. The molecule has 2 atom stereocenters. The third-order valence-electron chi connectivity index (χ3n) is 4.93. The fraction of sp³-hybridized carbons (Fsp3) is 0.588. The number of rotatable bonds is 2. The number of hydrogen-bond acceptors (Lipinski definition) is 2. The lowest BCUT2D eigenvalue weighted by molar-refractivity contribution is 0.0608. The summed E-state index contributed by atoms with van der Waals surface area (Å²) >= 11 is 0. The second-order valence-corrected chi connectivity index (χ2v) is 6.88. The average molecular weight is 306 g/mol. The van der Waals surface area contributed by atoms with Crippen molar-refractivity contribution in [3.05, 3.63) is 35.1 Å². The number of hydrogen-bond donors (Lipinski definition) is 2. The molecule has 2 aliphatic rings. The topological polar surface area (TPSA) is 52.6 Å². The first-order valence-electron chi connectivity index (χ1n) is 7.95. The Balaban J connectivity index is 1.66. The van der Waals surface area contributed by atoms with E-state index in [1.54, 1.807) is 17.0 Å². The Hall–Kier alpha value is -1.62. The van der Waals surface area contributed by atoms with Gasteiger partial charge in [-0.3, -0.25) is 0 Å². The highest BCUT2D eigenvalue weighted by atomic mass is 19.1. The first-order chi connectivity index (χ1) is 10.5. The number of benzene rings is 1. The van der Waals surface area contributed by atoms with Gasteiger partial charge >= 0.3 is 6.03 Å². The molecule has 3 rings (SSSR count). The van der Waals surface area contributed by atoms with Crippen LogP contribution in [0.1, 0.15) is 43.4 Å². The Labute approximate surface area is 130 Å². The Morgan fingerprint density at radius 2 is 2.36 bits per heavy atom. The van der Waals surface area contributed by atoms with E-state index in [2.05, 4.69) is 5.32 Å². The van der Waals surface area contributed by atoms with Crippen LogP contribution >= 0.6 is 0 Å². The third-order valence-corrected chi connectivity index (χ3v) is 4.93. The minimum absolute atomic E-state index is 0.0367. The highest BCUT2D eigenvalue weighted by Gasteiger charge is 2.34. The molecule has 1 saturated heterocycles. The zero-order chi connectivity index (χ0) is 15.7. The van der Waals surface area contributed by atoms with Crippen LogP contribution in [0.3, 0.4) is 0 Å². The summed E-state index contributed by atoms with van der Waals surface area (Å²) < 4.78 is 13.2. The molecular formula is C17H23FN2O2. The zero-order valence-electron chi connectivity index (χ0n) is 12.9. The van der Waals surface area contributed by atoms with Crippen molar-refractivity contribution in [2.75, 3.05) is 19.7 Å². The van der Waals surface area contributed by atoms with Crippen molar-refractivity contribution in [2.45, 2.75) is 38.6 Å². The number of aliphatic hydroxyl groups excluding tert-OH is 1. The van der Waals surface area contributed by atoms with E-state index >= 15 is 0 Å². The lowest BCUT2D eigenvalue weighted by Gasteiger charge is -2.39. The van der Waals surface area contributed by atoms with Gasteiger partial charge < -0.3 is 15.3 Å². The molecule has 1 aromatic carbocycles. The van der Waals surface area contributed by atoms with E-state index in [0.29, 0.717) is 6.54 Å². The van der Waals surface area contributed by atoms with Gasteiger partial charge in [0.25, 0.3) is 0 Å². The van der Waals surface area contributed by atoms with Gasteiger partial charge in [0.15, 0.2) is 0 Å². The summed E-state index contributed by atoms with van der Waals surface area (Å²) in [5.74, 6) is -0.222. The van der Waals surface area contributed by atoms with Crippen LogP contribution in [-0.4, -0.2) is 35.7 Å². The van der Waals surface area contributed by atoms with Crippen LogP contribution < -0.4 is 5.32 Å². The van der Waals surface area contributed by atoms with Crippen molar-refractivity contribution in [3.8, 4) is 0 Å². The molecule has 0 bridgehead atoms. The zero-order valence-corrected chi connectivity index (χ0v) is 12.9. The highest BCUT2D eigenvalue weighted by Crippen LogP contribution is 2.33. The van der Waals surface area contributed by atoms with Crippen molar-refractivity contribution < 1.29 is 14.3 Å². The number of nitrogens with one attached hydrogen (secondary N) is 1. The van der Waals surface area contributed by atoms with E-state index < -0.39 is 0 Å². The van der Waals surface area contributed by atoms with Crippen molar-refractivity contribution in [1.29, 1.82) is 0 Å². The molecular weight excluding hydrogens is 283 g/mol. The van der Waals surface area contributed by atoms with Gasteiger partial charge in [0.1, 0.15) is 5.82 Å². The molecule has 5 heteroatoms. The molecule has 0 saturated carbocycles. The van der Waals surface area contributed by atoms with Gasteiger partial charge in [-0.15, -0.1) is 0 Å². The number of amides is 2. The molecule has 0 spiro atoms. The molecule has 22 heavy (non-hydrogen) atoms. The molecule has 1 aromatic rings. The summed E-state index contributed by atoms with van der Waals surface area (Å²) in [5, 5.41) is 12.6. The van der Waals surface area contributed by atoms with E-state index in [0.717, 1.165) is 43.4 Å². The fourth-order valence-corrected chi connectivity index (χ4v) is 3.59. The second kappa shape index (κ2) is 5.88. The van der Waals surface area contributed by atoms with Gasteiger partial charge in [-0.1, -0.05) is 13.0 Å². The second-order valence-electron chi connectivity index (χ2n) is 6.88. The molecule has 1 heterocycles. The molecule has 120 valence electrons. The van der Waals surface area contributed by atoms with Crippen LogP contribution in [0.25, 0.3) is 0 Å². The molecule has 1 aliphatic carbocycles. The van der Waals surface area contributed by atoms with E-state index in [1.165, 1.54) is 6.07 Å². The van der Waals surface area contributed by atoms with E-state index in [4.69, 9.17) is 0 Å². The van der Waals surface area contributed by atoms with Crippen molar-refractivity contribution in [1.82, 2.24) is 10.2 Å². The molecule has 0 radical (unpaired) electrons. The molecule has 1 fully saturated rings. The van der Waals surface area contributed by atoms with Gasteiger partial charge in [-0.05, 0) is 48.9 Å². The quantitative estimate of drug-likeness (QED) is 0.882.